The number of hydrogen-bond acceptors (Lipinski definition) is 4. The summed E-state index contributed by atoms with van der Waals surface area (Å²) in [6.07, 6.45) is 0. The number of nitrogens with zero attached hydrogens (tertiary/aromatic N) is 1. The first-order valence-electron chi connectivity index (χ1n) is 21.0. The number of furan rings is 3. The molecule has 0 amide bonds. The molecule has 10 aromatic carbocycles. The van der Waals surface area contributed by atoms with Crippen LogP contribution in [-0.4, -0.2) is 0 Å². The summed E-state index contributed by atoms with van der Waals surface area (Å²) in [5.41, 5.74) is 15.0. The Hall–Kier alpha value is -8.34. The first kappa shape index (κ1) is 34.5. The van der Waals surface area contributed by atoms with Crippen LogP contribution in [0.15, 0.2) is 226 Å². The van der Waals surface area contributed by atoms with Gasteiger partial charge in [0.1, 0.15) is 33.5 Å². The zero-order valence-electron chi connectivity index (χ0n) is 33.4. The minimum atomic E-state index is 0.820. The number of benzene rings is 10. The maximum absolute atomic E-state index is 6.76. The molecule has 0 bridgehead atoms. The van der Waals surface area contributed by atoms with Crippen molar-refractivity contribution in [2.45, 2.75) is 0 Å². The Labute approximate surface area is 356 Å². The van der Waals surface area contributed by atoms with Crippen molar-refractivity contribution in [2.24, 2.45) is 0 Å². The second-order valence-corrected chi connectivity index (χ2v) is 16.0. The van der Waals surface area contributed by atoms with Crippen LogP contribution < -0.4 is 4.90 Å². The van der Waals surface area contributed by atoms with Crippen molar-refractivity contribution in [1.82, 2.24) is 0 Å². The quantitative estimate of drug-likeness (QED) is 0.168. The minimum absolute atomic E-state index is 0.820. The number of hydrogen-bond donors (Lipinski definition) is 0. The largest absolute Gasteiger partial charge is 0.456 e. The Morgan fingerprint density at radius 1 is 0.274 bits per heavy atom. The van der Waals surface area contributed by atoms with Crippen LogP contribution in [0, 0.1) is 0 Å². The fourth-order valence-electron chi connectivity index (χ4n) is 9.66. The summed E-state index contributed by atoms with van der Waals surface area (Å²) in [6, 6.07) is 74.8. The minimum Gasteiger partial charge on any atom is -0.456 e. The third kappa shape index (κ3) is 5.33. The van der Waals surface area contributed by atoms with E-state index < -0.39 is 0 Å². The van der Waals surface area contributed by atoms with Crippen molar-refractivity contribution in [3.8, 4) is 33.4 Å². The summed E-state index contributed by atoms with van der Waals surface area (Å²) in [5, 5.41) is 8.98. The average molecular weight is 794 g/mol. The Balaban J connectivity index is 0.916. The number of para-hydroxylation sites is 3. The highest BCUT2D eigenvalue weighted by Gasteiger charge is 2.21. The van der Waals surface area contributed by atoms with Gasteiger partial charge in [-0.05, 0) is 105 Å². The van der Waals surface area contributed by atoms with Gasteiger partial charge in [0, 0.05) is 61.0 Å². The van der Waals surface area contributed by atoms with Crippen LogP contribution in [0.1, 0.15) is 0 Å². The van der Waals surface area contributed by atoms with Crippen LogP contribution in [0.25, 0.3) is 110 Å². The average Bonchev–Trinajstić information content (AvgIpc) is 4.03. The summed E-state index contributed by atoms with van der Waals surface area (Å²) in [5.74, 6) is 0. The van der Waals surface area contributed by atoms with Crippen LogP contribution in [-0.2, 0) is 0 Å². The van der Waals surface area contributed by atoms with E-state index >= 15 is 0 Å². The molecule has 4 heteroatoms. The molecule has 62 heavy (non-hydrogen) atoms. The number of fused-ring (bicyclic) bond motifs is 10. The highest BCUT2D eigenvalue weighted by molar-refractivity contribution is 6.19. The van der Waals surface area contributed by atoms with E-state index in [-0.39, 0.29) is 0 Å². The van der Waals surface area contributed by atoms with Gasteiger partial charge in [-0.25, -0.2) is 0 Å². The highest BCUT2D eigenvalue weighted by atomic mass is 16.3. The molecule has 0 aliphatic carbocycles. The van der Waals surface area contributed by atoms with E-state index in [4.69, 9.17) is 13.3 Å². The lowest BCUT2D eigenvalue weighted by molar-refractivity contribution is 0.668. The van der Waals surface area contributed by atoms with E-state index in [1.54, 1.807) is 0 Å². The van der Waals surface area contributed by atoms with Crippen molar-refractivity contribution < 1.29 is 13.3 Å². The molecule has 0 atom stereocenters. The molecule has 13 rings (SSSR count). The topological polar surface area (TPSA) is 42.7 Å². The van der Waals surface area contributed by atoms with Crippen molar-refractivity contribution >= 4 is 93.7 Å². The molecule has 0 aliphatic heterocycles. The van der Waals surface area contributed by atoms with Crippen molar-refractivity contribution in [3.05, 3.63) is 212 Å². The number of rotatable bonds is 6. The van der Waals surface area contributed by atoms with Crippen LogP contribution in [0.5, 0.6) is 0 Å². The summed E-state index contributed by atoms with van der Waals surface area (Å²) >= 11 is 0. The zero-order chi connectivity index (χ0) is 40.7. The van der Waals surface area contributed by atoms with Gasteiger partial charge in [0.2, 0.25) is 0 Å². The standard InChI is InChI=1S/C58H35NO3/c1-2-14-39(15-3-1)59(40-29-26-37(27-30-40)43-18-8-13-36-12-4-5-16-42(36)43)41-31-32-49-55(35-41)61-54-25-11-20-45(57(49)54)46-21-9-22-47-50-34-38(28-33-52(50)62-58(46)47)44-19-10-24-53-56(44)48-17-6-7-23-51(48)60-53/h1-35H. The van der Waals surface area contributed by atoms with E-state index in [9.17, 15) is 0 Å². The van der Waals surface area contributed by atoms with Gasteiger partial charge in [0.15, 0.2) is 0 Å². The van der Waals surface area contributed by atoms with Gasteiger partial charge in [-0.2, -0.15) is 0 Å². The van der Waals surface area contributed by atoms with Crippen molar-refractivity contribution in [2.75, 3.05) is 4.90 Å². The molecule has 290 valence electrons. The molecule has 3 aromatic heterocycles. The predicted molar refractivity (Wildman–Crippen MR) is 257 cm³/mol. The maximum atomic E-state index is 6.76. The Bertz CT molecular complexity index is 3870. The first-order chi connectivity index (χ1) is 30.7. The molecule has 0 fully saturated rings. The van der Waals surface area contributed by atoms with E-state index in [2.05, 4.69) is 199 Å². The molecule has 0 saturated heterocycles. The summed E-state index contributed by atoms with van der Waals surface area (Å²) in [7, 11) is 0. The van der Waals surface area contributed by atoms with Gasteiger partial charge in [-0.1, -0.05) is 140 Å². The molecule has 13 aromatic rings. The molecule has 0 aliphatic rings. The lowest BCUT2D eigenvalue weighted by Gasteiger charge is -2.25. The fourth-order valence-corrected chi connectivity index (χ4v) is 9.66. The molecule has 0 unspecified atom stereocenters. The van der Waals surface area contributed by atoms with Crippen molar-refractivity contribution in [1.29, 1.82) is 0 Å². The van der Waals surface area contributed by atoms with Gasteiger partial charge < -0.3 is 18.2 Å². The van der Waals surface area contributed by atoms with Crippen LogP contribution in [0.3, 0.4) is 0 Å². The van der Waals surface area contributed by atoms with Gasteiger partial charge in [-0.15, -0.1) is 0 Å². The molecule has 0 N–H and O–H groups in total. The Morgan fingerprint density at radius 3 is 1.71 bits per heavy atom. The Morgan fingerprint density at radius 2 is 0.839 bits per heavy atom. The van der Waals surface area contributed by atoms with Crippen molar-refractivity contribution in [3.63, 3.8) is 0 Å². The third-order valence-corrected chi connectivity index (χ3v) is 12.5. The zero-order valence-corrected chi connectivity index (χ0v) is 33.4. The first-order valence-corrected chi connectivity index (χ1v) is 21.0. The third-order valence-electron chi connectivity index (χ3n) is 12.5. The SMILES string of the molecule is c1ccc(N(c2ccc(-c3cccc4ccccc34)cc2)c2ccc3c(c2)oc2cccc(-c4cccc5c4oc4ccc(-c6cccc7oc8ccccc8c67)cc45)c23)cc1. The lowest BCUT2D eigenvalue weighted by Crippen LogP contribution is -2.09. The predicted octanol–water partition coefficient (Wildman–Crippen LogP) is 17.0. The molecule has 3 heterocycles. The molecular weight excluding hydrogens is 759 g/mol. The molecule has 0 spiro atoms. The molecule has 0 radical (unpaired) electrons. The summed E-state index contributed by atoms with van der Waals surface area (Å²) in [6.45, 7) is 0. The Kier molecular flexibility index (Phi) is 7.57. The van der Waals surface area contributed by atoms with E-state index in [0.717, 1.165) is 105 Å². The number of anilines is 3. The second kappa shape index (κ2) is 13.6. The normalized spacial score (nSPS) is 11.9. The van der Waals surface area contributed by atoms with Gasteiger partial charge in [0.05, 0.1) is 0 Å². The summed E-state index contributed by atoms with van der Waals surface area (Å²) in [4.78, 5) is 2.29. The fraction of sp³-hybridized carbons (Fsp3) is 0. The van der Waals surface area contributed by atoms with Crippen LogP contribution in [0.2, 0.25) is 0 Å². The second-order valence-electron chi connectivity index (χ2n) is 16.0. The van der Waals surface area contributed by atoms with Gasteiger partial charge in [-0.3, -0.25) is 0 Å². The molecule has 4 nitrogen and oxygen atoms in total. The monoisotopic (exact) mass is 793 g/mol. The summed E-state index contributed by atoms with van der Waals surface area (Å²) < 4.78 is 19.7. The van der Waals surface area contributed by atoms with Crippen LogP contribution >= 0.6 is 0 Å². The lowest BCUT2D eigenvalue weighted by atomic mass is 9.96. The van der Waals surface area contributed by atoms with Gasteiger partial charge >= 0.3 is 0 Å². The van der Waals surface area contributed by atoms with E-state index in [0.29, 0.717) is 0 Å². The molecular formula is C58H35NO3. The van der Waals surface area contributed by atoms with Gasteiger partial charge in [0.25, 0.3) is 0 Å². The maximum Gasteiger partial charge on any atom is 0.143 e. The smallest absolute Gasteiger partial charge is 0.143 e. The highest BCUT2D eigenvalue weighted by Crippen LogP contribution is 2.45. The molecule has 0 saturated carbocycles. The van der Waals surface area contributed by atoms with Crippen LogP contribution in [0.4, 0.5) is 17.1 Å². The van der Waals surface area contributed by atoms with E-state index in [1.165, 1.54) is 21.9 Å². The van der Waals surface area contributed by atoms with E-state index in [1.807, 2.05) is 18.2 Å².